The van der Waals surface area contributed by atoms with Crippen LogP contribution in [0.4, 0.5) is 5.69 Å². The fraction of sp³-hybridized carbons (Fsp3) is 0.538. The minimum atomic E-state index is 0.359. The van der Waals surface area contributed by atoms with Gasteiger partial charge in [0.1, 0.15) is 4.99 Å². The van der Waals surface area contributed by atoms with E-state index in [2.05, 4.69) is 29.8 Å². The fourth-order valence-electron chi connectivity index (χ4n) is 2.62. The molecule has 1 saturated heterocycles. The Hall–Kier alpha value is -1.16. The molecule has 92 valence electrons. The first-order valence-electron chi connectivity index (χ1n) is 6.17. The average molecular weight is 249 g/mol. The lowest BCUT2D eigenvalue weighted by Gasteiger charge is -2.30. The molecule has 2 atom stereocenters. The topological polar surface area (TPSA) is 42.1 Å². The smallest absolute Gasteiger partial charge is 0.122 e. The van der Waals surface area contributed by atoms with Gasteiger partial charge in [-0.05, 0) is 38.3 Å². The molecule has 1 aliphatic rings. The number of anilines is 1. The van der Waals surface area contributed by atoms with Crippen LogP contribution in [-0.4, -0.2) is 22.1 Å². The molecule has 1 fully saturated rings. The Balaban J connectivity index is 2.24. The number of pyridine rings is 1. The van der Waals surface area contributed by atoms with Gasteiger partial charge in [-0.15, -0.1) is 0 Å². The Morgan fingerprint density at radius 2 is 2.29 bits per heavy atom. The Bertz CT molecular complexity index is 402. The molecule has 0 bridgehead atoms. The third-order valence-corrected chi connectivity index (χ3v) is 3.76. The van der Waals surface area contributed by atoms with Crippen LogP contribution in [0.3, 0.4) is 0 Å². The first-order chi connectivity index (χ1) is 8.13. The number of thiocarbonyl (C=S) groups is 1. The molecule has 0 spiro atoms. The Morgan fingerprint density at radius 1 is 1.53 bits per heavy atom. The van der Waals surface area contributed by atoms with Gasteiger partial charge in [-0.3, -0.25) is 4.98 Å². The lowest BCUT2D eigenvalue weighted by atomic mass is 10.1. The van der Waals surface area contributed by atoms with Crippen LogP contribution in [0.25, 0.3) is 0 Å². The number of rotatable bonds is 3. The van der Waals surface area contributed by atoms with Gasteiger partial charge in [-0.2, -0.15) is 0 Å². The number of hydrogen-bond acceptors (Lipinski definition) is 3. The van der Waals surface area contributed by atoms with Gasteiger partial charge in [-0.1, -0.05) is 19.1 Å². The molecule has 17 heavy (non-hydrogen) atoms. The molecule has 1 aromatic rings. The van der Waals surface area contributed by atoms with Crippen molar-refractivity contribution in [2.75, 3.05) is 4.90 Å². The first kappa shape index (κ1) is 12.3. The zero-order valence-electron chi connectivity index (χ0n) is 10.4. The van der Waals surface area contributed by atoms with Crippen LogP contribution in [0.15, 0.2) is 18.3 Å². The summed E-state index contributed by atoms with van der Waals surface area (Å²) in [6.07, 6.45) is 5.60. The van der Waals surface area contributed by atoms with Crippen LogP contribution in [0.1, 0.15) is 38.8 Å². The predicted octanol–water partition coefficient (Wildman–Crippen LogP) is 2.48. The second-order valence-electron chi connectivity index (χ2n) is 4.66. The summed E-state index contributed by atoms with van der Waals surface area (Å²) in [5, 5.41) is 0. The number of nitrogens with two attached hydrogens (primary N) is 1. The molecule has 0 aromatic carbocycles. The molecule has 2 N–H and O–H groups in total. The van der Waals surface area contributed by atoms with E-state index in [1.807, 2.05) is 12.3 Å². The lowest BCUT2D eigenvalue weighted by molar-refractivity contribution is 0.627. The highest BCUT2D eigenvalue weighted by Gasteiger charge is 2.29. The number of aromatic nitrogens is 1. The van der Waals surface area contributed by atoms with Gasteiger partial charge >= 0.3 is 0 Å². The van der Waals surface area contributed by atoms with Crippen molar-refractivity contribution in [3.05, 3.63) is 24.0 Å². The van der Waals surface area contributed by atoms with E-state index in [1.165, 1.54) is 24.9 Å². The van der Waals surface area contributed by atoms with E-state index in [1.54, 1.807) is 0 Å². The Kier molecular flexibility index (Phi) is 3.62. The molecule has 0 aliphatic carbocycles. The maximum absolute atomic E-state index is 5.55. The molecule has 0 amide bonds. The molecule has 0 radical (unpaired) electrons. The predicted molar refractivity (Wildman–Crippen MR) is 75.4 cm³/mol. The summed E-state index contributed by atoms with van der Waals surface area (Å²) in [7, 11) is 0. The minimum Gasteiger partial charge on any atom is -0.388 e. The van der Waals surface area contributed by atoms with E-state index in [0.29, 0.717) is 22.8 Å². The van der Waals surface area contributed by atoms with Gasteiger partial charge in [0.05, 0.1) is 17.6 Å². The van der Waals surface area contributed by atoms with E-state index in [4.69, 9.17) is 18.0 Å². The van der Waals surface area contributed by atoms with E-state index >= 15 is 0 Å². The molecule has 2 heterocycles. The van der Waals surface area contributed by atoms with Crippen molar-refractivity contribution in [3.8, 4) is 0 Å². The second-order valence-corrected chi connectivity index (χ2v) is 5.10. The monoisotopic (exact) mass is 249 g/mol. The van der Waals surface area contributed by atoms with Gasteiger partial charge in [0.15, 0.2) is 0 Å². The molecule has 3 nitrogen and oxygen atoms in total. The van der Waals surface area contributed by atoms with Crippen molar-refractivity contribution < 1.29 is 0 Å². The Labute approximate surface area is 108 Å². The summed E-state index contributed by atoms with van der Waals surface area (Å²) in [5.41, 5.74) is 7.43. The fourth-order valence-corrected chi connectivity index (χ4v) is 2.74. The van der Waals surface area contributed by atoms with E-state index in [-0.39, 0.29) is 0 Å². The van der Waals surface area contributed by atoms with E-state index < -0.39 is 0 Å². The minimum absolute atomic E-state index is 0.359. The molecule has 1 aromatic heterocycles. The van der Waals surface area contributed by atoms with Crippen molar-refractivity contribution in [2.24, 2.45) is 5.73 Å². The van der Waals surface area contributed by atoms with Crippen LogP contribution in [0.2, 0.25) is 0 Å². The summed E-state index contributed by atoms with van der Waals surface area (Å²) in [5.74, 6) is 0. The molecular weight excluding hydrogens is 230 g/mol. The van der Waals surface area contributed by atoms with Crippen LogP contribution >= 0.6 is 12.2 Å². The molecule has 2 unspecified atom stereocenters. The summed E-state index contributed by atoms with van der Waals surface area (Å²) < 4.78 is 0. The van der Waals surface area contributed by atoms with Gasteiger partial charge in [0, 0.05) is 12.1 Å². The maximum atomic E-state index is 5.55. The number of hydrogen-bond donors (Lipinski definition) is 1. The normalized spacial score (nSPS) is 24.0. The van der Waals surface area contributed by atoms with Crippen LogP contribution < -0.4 is 10.6 Å². The van der Waals surface area contributed by atoms with Crippen LogP contribution in [0, 0.1) is 0 Å². The van der Waals surface area contributed by atoms with Crippen molar-refractivity contribution in [1.82, 2.24) is 4.98 Å². The third kappa shape index (κ3) is 2.41. The summed E-state index contributed by atoms with van der Waals surface area (Å²) in [6.45, 7) is 4.52. The highest BCUT2D eigenvalue weighted by Crippen LogP contribution is 2.31. The second kappa shape index (κ2) is 5.00. The van der Waals surface area contributed by atoms with Crippen LogP contribution in [-0.2, 0) is 0 Å². The maximum Gasteiger partial charge on any atom is 0.122 e. The van der Waals surface area contributed by atoms with Gasteiger partial charge in [-0.25, -0.2) is 0 Å². The number of nitrogens with zero attached hydrogens (tertiary/aromatic N) is 2. The Morgan fingerprint density at radius 3 is 2.82 bits per heavy atom. The zero-order valence-corrected chi connectivity index (χ0v) is 11.2. The van der Waals surface area contributed by atoms with E-state index in [9.17, 15) is 0 Å². The SMILES string of the molecule is CCC1CCC(C)N1c1ccc(C(N)=S)nc1. The highest BCUT2D eigenvalue weighted by atomic mass is 32.1. The van der Waals surface area contributed by atoms with Gasteiger partial charge in [0.2, 0.25) is 0 Å². The van der Waals surface area contributed by atoms with Crippen molar-refractivity contribution in [3.63, 3.8) is 0 Å². The summed E-state index contributed by atoms with van der Waals surface area (Å²) in [6, 6.07) is 5.22. The first-order valence-corrected chi connectivity index (χ1v) is 6.58. The molecular formula is C13H19N3S. The highest BCUT2D eigenvalue weighted by molar-refractivity contribution is 7.80. The largest absolute Gasteiger partial charge is 0.388 e. The third-order valence-electron chi connectivity index (χ3n) is 3.56. The molecule has 4 heteroatoms. The zero-order chi connectivity index (χ0) is 12.4. The van der Waals surface area contributed by atoms with E-state index in [0.717, 1.165) is 0 Å². The molecule has 1 aliphatic heterocycles. The average Bonchev–Trinajstić information content (AvgIpc) is 2.70. The van der Waals surface area contributed by atoms with Gasteiger partial charge < -0.3 is 10.6 Å². The standard InChI is InChI=1S/C13H19N3S/c1-3-10-5-4-9(2)16(10)11-6-7-12(13(14)17)15-8-11/h6-10H,3-5H2,1-2H3,(H2,14,17). The molecule has 2 rings (SSSR count). The van der Waals surface area contributed by atoms with Crippen LogP contribution in [0.5, 0.6) is 0 Å². The van der Waals surface area contributed by atoms with Crippen molar-refractivity contribution in [2.45, 2.75) is 45.2 Å². The van der Waals surface area contributed by atoms with Crippen molar-refractivity contribution in [1.29, 1.82) is 0 Å². The quantitative estimate of drug-likeness (QED) is 0.836. The lowest BCUT2D eigenvalue weighted by Crippen LogP contribution is -2.34. The summed E-state index contributed by atoms with van der Waals surface area (Å²) >= 11 is 4.91. The van der Waals surface area contributed by atoms with Crippen molar-refractivity contribution >= 4 is 22.9 Å². The summed E-state index contributed by atoms with van der Waals surface area (Å²) in [4.78, 5) is 7.15. The molecule has 0 saturated carbocycles. The van der Waals surface area contributed by atoms with Gasteiger partial charge in [0.25, 0.3) is 0 Å².